The Labute approximate surface area is 197 Å². The monoisotopic (exact) mass is 464 g/mol. The number of hydrogen-bond donors (Lipinski definition) is 0. The quantitative estimate of drug-likeness (QED) is 0.175. The first-order valence-electron chi connectivity index (χ1n) is 10.8. The van der Waals surface area contributed by atoms with Crippen LogP contribution in [-0.4, -0.2) is 28.7 Å². The predicted molar refractivity (Wildman–Crippen MR) is 129 cm³/mol. The first kappa shape index (κ1) is 22.7. The molecule has 170 valence electrons. The van der Waals surface area contributed by atoms with E-state index in [4.69, 9.17) is 25.5 Å². The molecule has 0 aliphatic rings. The number of benzene rings is 2. The molecule has 2 aromatic heterocycles. The number of oxazole rings is 1. The van der Waals surface area contributed by atoms with Crippen LogP contribution in [-0.2, 0) is 20.8 Å². The number of halogens is 1. The third-order valence-corrected chi connectivity index (χ3v) is 5.52. The Bertz CT molecular complexity index is 1320. The number of carbonyl (C=O) groups is 1. The van der Waals surface area contributed by atoms with Gasteiger partial charge in [0.15, 0.2) is 0 Å². The molecule has 0 saturated carbocycles. The zero-order valence-corrected chi connectivity index (χ0v) is 19.6. The highest BCUT2D eigenvalue weighted by molar-refractivity contribution is 6.33. The number of ether oxygens (including phenoxy) is 2. The maximum Gasteiger partial charge on any atom is 0.373 e. The highest BCUT2D eigenvalue weighted by Gasteiger charge is 2.15. The minimum Gasteiger partial charge on any atom is -0.487 e. The van der Waals surface area contributed by atoms with Gasteiger partial charge in [0.25, 0.3) is 0 Å². The summed E-state index contributed by atoms with van der Waals surface area (Å²) >= 11 is 6.30. The number of nitrogens with zero attached hydrogens (tertiary/aromatic N) is 2. The van der Waals surface area contributed by atoms with Crippen molar-refractivity contribution in [3.63, 3.8) is 0 Å². The normalized spacial score (nSPS) is 11.7. The predicted octanol–water partition coefficient (Wildman–Crippen LogP) is 6.25. The Kier molecular flexibility index (Phi) is 6.84. The number of hydrogen-bond acceptors (Lipinski definition) is 5. The van der Waals surface area contributed by atoms with Gasteiger partial charge < -0.3 is 18.5 Å². The van der Waals surface area contributed by atoms with Gasteiger partial charge in [-0.2, -0.15) is 0 Å². The van der Waals surface area contributed by atoms with Gasteiger partial charge in [-0.3, -0.25) is 0 Å². The van der Waals surface area contributed by atoms with Crippen LogP contribution in [0, 0.1) is 6.92 Å². The van der Waals surface area contributed by atoms with Gasteiger partial charge in [0.2, 0.25) is 11.6 Å². The van der Waals surface area contributed by atoms with Crippen LogP contribution < -0.4 is 0 Å². The summed E-state index contributed by atoms with van der Waals surface area (Å²) in [6.07, 6.45) is 3.71. The van der Waals surface area contributed by atoms with E-state index < -0.39 is 5.97 Å². The molecular formula is C26H25ClN2O4. The molecule has 2 heterocycles. The zero-order chi connectivity index (χ0) is 23.4. The topological polar surface area (TPSA) is 66.5 Å². The van der Waals surface area contributed by atoms with E-state index in [1.54, 1.807) is 13.0 Å². The van der Waals surface area contributed by atoms with Crippen molar-refractivity contribution in [2.45, 2.75) is 27.3 Å². The van der Waals surface area contributed by atoms with Crippen molar-refractivity contribution in [3.05, 3.63) is 82.5 Å². The molecule has 0 aliphatic carbocycles. The van der Waals surface area contributed by atoms with Gasteiger partial charge >= 0.3 is 5.97 Å². The van der Waals surface area contributed by atoms with Crippen molar-refractivity contribution in [2.75, 3.05) is 13.2 Å². The molecule has 0 aliphatic heterocycles. The van der Waals surface area contributed by atoms with E-state index >= 15 is 0 Å². The molecule has 0 fully saturated rings. The van der Waals surface area contributed by atoms with Gasteiger partial charge in [-0.05, 0) is 62.7 Å². The summed E-state index contributed by atoms with van der Waals surface area (Å²) in [5, 5.41) is 1.64. The van der Waals surface area contributed by atoms with Crippen LogP contribution in [0.2, 0.25) is 5.02 Å². The number of esters is 1. The molecule has 7 heteroatoms. The summed E-state index contributed by atoms with van der Waals surface area (Å²) < 4.78 is 18.6. The maximum atomic E-state index is 12.1. The van der Waals surface area contributed by atoms with E-state index in [0.29, 0.717) is 30.7 Å². The lowest BCUT2D eigenvalue weighted by molar-refractivity contribution is -0.142. The molecule has 0 atom stereocenters. The fraction of sp³-hybridized carbons (Fsp3) is 0.231. The molecule has 0 N–H and O–H groups in total. The van der Waals surface area contributed by atoms with Crippen molar-refractivity contribution in [3.8, 4) is 11.5 Å². The van der Waals surface area contributed by atoms with Crippen LogP contribution in [0.3, 0.4) is 0 Å². The molecule has 0 spiro atoms. The maximum absolute atomic E-state index is 12.1. The summed E-state index contributed by atoms with van der Waals surface area (Å²) in [6, 6.07) is 15.5. The average molecular weight is 465 g/mol. The number of aryl methyl sites for hydroxylation is 1. The highest BCUT2D eigenvalue weighted by atomic mass is 35.5. The Morgan fingerprint density at radius 1 is 1.12 bits per heavy atom. The molecule has 0 radical (unpaired) electrons. The zero-order valence-electron chi connectivity index (χ0n) is 18.8. The minimum absolute atomic E-state index is 0.198. The second-order valence-electron chi connectivity index (χ2n) is 7.43. The lowest BCUT2D eigenvalue weighted by Gasteiger charge is -2.08. The average Bonchev–Trinajstić information content (AvgIpc) is 3.37. The third-order valence-electron chi connectivity index (χ3n) is 5.19. The summed E-state index contributed by atoms with van der Waals surface area (Å²) in [4.78, 5) is 16.8. The number of fused-ring (bicyclic) bond motifs is 1. The van der Waals surface area contributed by atoms with Crippen LogP contribution in [0.4, 0.5) is 0 Å². The van der Waals surface area contributed by atoms with E-state index in [-0.39, 0.29) is 5.76 Å². The summed E-state index contributed by atoms with van der Waals surface area (Å²) in [7, 11) is 0. The van der Waals surface area contributed by atoms with Crippen molar-refractivity contribution >= 4 is 34.5 Å². The van der Waals surface area contributed by atoms with Crippen LogP contribution in [0.15, 0.2) is 64.9 Å². The highest BCUT2D eigenvalue weighted by Crippen LogP contribution is 2.29. The van der Waals surface area contributed by atoms with Crippen molar-refractivity contribution < 1.29 is 18.7 Å². The molecule has 6 nitrogen and oxygen atoms in total. The molecule has 2 aromatic carbocycles. The standard InChI is InChI=1S/C26H25ClN2O4/c1-4-31-24(26(30)32-5-2)15-18-10-11-23-19(14-18)12-13-29(23)16-22-17(3)33-25(28-22)20-8-6-7-9-21(20)27/h6-15H,4-5,16H2,1-3H3. The molecule has 0 saturated heterocycles. The minimum atomic E-state index is -0.465. The van der Waals surface area contributed by atoms with Crippen molar-refractivity contribution in [2.24, 2.45) is 0 Å². The summed E-state index contributed by atoms with van der Waals surface area (Å²) in [6.45, 7) is 6.75. The molecule has 4 aromatic rings. The van der Waals surface area contributed by atoms with E-state index in [1.165, 1.54) is 0 Å². The van der Waals surface area contributed by atoms with Crippen molar-refractivity contribution in [1.29, 1.82) is 0 Å². The smallest absolute Gasteiger partial charge is 0.373 e. The molecule has 0 amide bonds. The van der Waals surface area contributed by atoms with Gasteiger partial charge in [0.1, 0.15) is 11.5 Å². The Morgan fingerprint density at radius 2 is 1.91 bits per heavy atom. The van der Waals surface area contributed by atoms with Gasteiger partial charge in [0.05, 0.1) is 30.3 Å². The third kappa shape index (κ3) is 4.96. The Hall–Kier alpha value is -3.51. The summed E-state index contributed by atoms with van der Waals surface area (Å²) in [5.41, 5.74) is 3.51. The molecule has 4 rings (SSSR count). The fourth-order valence-corrected chi connectivity index (χ4v) is 3.82. The Balaban J connectivity index is 1.60. The Morgan fingerprint density at radius 3 is 2.67 bits per heavy atom. The van der Waals surface area contributed by atoms with Gasteiger partial charge in [-0.15, -0.1) is 0 Å². The molecular weight excluding hydrogens is 440 g/mol. The second-order valence-corrected chi connectivity index (χ2v) is 7.83. The van der Waals surface area contributed by atoms with E-state index in [0.717, 1.165) is 33.5 Å². The molecule has 0 bridgehead atoms. The van der Waals surface area contributed by atoms with E-state index in [1.807, 2.05) is 68.6 Å². The van der Waals surface area contributed by atoms with Crippen LogP contribution in [0.25, 0.3) is 28.4 Å². The van der Waals surface area contributed by atoms with Crippen LogP contribution in [0.5, 0.6) is 0 Å². The lowest BCUT2D eigenvalue weighted by atomic mass is 10.1. The van der Waals surface area contributed by atoms with Gasteiger partial charge in [0, 0.05) is 17.1 Å². The van der Waals surface area contributed by atoms with Gasteiger partial charge in [-0.25, -0.2) is 9.78 Å². The van der Waals surface area contributed by atoms with E-state index in [9.17, 15) is 4.79 Å². The number of carbonyl (C=O) groups excluding carboxylic acids is 1. The first-order chi connectivity index (χ1) is 16.0. The second kappa shape index (κ2) is 9.96. The molecule has 33 heavy (non-hydrogen) atoms. The van der Waals surface area contributed by atoms with Crippen LogP contribution >= 0.6 is 11.6 Å². The van der Waals surface area contributed by atoms with E-state index in [2.05, 4.69) is 9.55 Å². The SMILES string of the molecule is CCOC(=O)C(=Cc1ccc2c(ccn2Cc2nc(-c3ccccc3Cl)oc2C)c1)OCC. The fourth-order valence-electron chi connectivity index (χ4n) is 3.60. The first-order valence-corrected chi connectivity index (χ1v) is 11.2. The number of aromatic nitrogens is 2. The lowest BCUT2D eigenvalue weighted by Crippen LogP contribution is -2.10. The number of rotatable bonds is 8. The van der Waals surface area contributed by atoms with Crippen molar-refractivity contribution in [1.82, 2.24) is 9.55 Å². The largest absolute Gasteiger partial charge is 0.487 e. The van der Waals surface area contributed by atoms with Crippen LogP contribution in [0.1, 0.15) is 30.9 Å². The molecule has 0 unspecified atom stereocenters. The van der Waals surface area contributed by atoms with Gasteiger partial charge in [-0.1, -0.05) is 29.8 Å². The summed E-state index contributed by atoms with van der Waals surface area (Å²) in [5.74, 6) is 0.998.